The highest BCUT2D eigenvalue weighted by Gasteiger charge is 2.20. The largest absolute Gasteiger partial charge is 0.377 e. The lowest BCUT2D eigenvalue weighted by molar-refractivity contribution is -0.0117. The Hall–Kier alpha value is -7.20. The van der Waals surface area contributed by atoms with Gasteiger partial charge in [-0.2, -0.15) is 0 Å². The third-order valence-corrected chi connectivity index (χ3v) is 14.9. The van der Waals surface area contributed by atoms with Crippen molar-refractivity contribution in [3.63, 3.8) is 0 Å². The Labute approximate surface area is 471 Å². The van der Waals surface area contributed by atoms with Crippen molar-refractivity contribution < 1.29 is 47.4 Å². The third kappa shape index (κ3) is 12.6. The summed E-state index contributed by atoms with van der Waals surface area (Å²) in [6.07, 6.45) is 0. The molecule has 10 aromatic rings. The summed E-state index contributed by atoms with van der Waals surface area (Å²) in [6, 6.07) is 37.5. The minimum Gasteiger partial charge on any atom is -0.377 e. The average Bonchev–Trinajstić information content (AvgIpc) is 3.56. The summed E-state index contributed by atoms with van der Waals surface area (Å²) in [4.78, 5) is 56.8. The van der Waals surface area contributed by atoms with E-state index in [1.807, 2.05) is 121 Å². The van der Waals surface area contributed by atoms with Gasteiger partial charge in [-0.15, -0.1) is 0 Å². The van der Waals surface area contributed by atoms with E-state index >= 15 is 0 Å². The van der Waals surface area contributed by atoms with Crippen LogP contribution in [0.2, 0.25) is 0 Å². The number of aromatic nitrogens is 4. The van der Waals surface area contributed by atoms with Gasteiger partial charge < -0.3 is 65.6 Å². The Morgan fingerprint density at radius 2 is 0.378 bits per heavy atom. The highest BCUT2D eigenvalue weighted by Crippen LogP contribution is 2.29. The molecule has 0 atom stereocenters. The van der Waals surface area contributed by atoms with Gasteiger partial charge in [-0.05, 0) is 72.8 Å². The minimum atomic E-state index is -0.107. The maximum atomic E-state index is 14.2. The number of fused-ring (bicyclic) bond motifs is 4. The third-order valence-electron chi connectivity index (χ3n) is 14.9. The fourth-order valence-electron chi connectivity index (χ4n) is 11.0. The van der Waals surface area contributed by atoms with E-state index < -0.39 is 0 Å². The molecule has 0 aliphatic carbocycles. The number of benzene rings is 6. The summed E-state index contributed by atoms with van der Waals surface area (Å²) < 4.78 is 67.1. The van der Waals surface area contributed by atoms with Crippen LogP contribution in [0.4, 0.5) is 0 Å². The summed E-state index contributed by atoms with van der Waals surface area (Å²) in [5.74, 6) is 0. The molecule has 12 bridgehead atoms. The van der Waals surface area contributed by atoms with Crippen LogP contribution < -0.4 is 21.7 Å². The summed E-state index contributed by atoms with van der Waals surface area (Å²) in [6.45, 7) is 9.19. The van der Waals surface area contributed by atoms with Crippen LogP contribution in [0, 0.1) is 0 Å². The molecule has 18 nitrogen and oxygen atoms in total. The van der Waals surface area contributed by atoms with Crippen molar-refractivity contribution in [3.8, 4) is 0 Å². The van der Waals surface area contributed by atoms with Crippen LogP contribution >= 0.6 is 0 Å². The van der Waals surface area contributed by atoms with E-state index in [-0.39, 0.29) is 21.7 Å². The van der Waals surface area contributed by atoms with E-state index in [0.717, 1.165) is 22.1 Å². The minimum absolute atomic E-state index is 0.107. The number of para-hydroxylation sites is 4. The first-order valence-electron chi connectivity index (χ1n) is 28.3. The second kappa shape index (κ2) is 27.7. The van der Waals surface area contributed by atoms with Crippen LogP contribution in [-0.4, -0.2) is 150 Å². The molecule has 14 rings (SSSR count). The predicted octanol–water partition coefficient (Wildman–Crippen LogP) is 7.44. The van der Waals surface area contributed by atoms with Crippen molar-refractivity contribution in [1.82, 2.24) is 18.3 Å². The molecule has 4 aromatic heterocycles. The first-order valence-corrected chi connectivity index (χ1v) is 28.3. The lowest BCUT2D eigenvalue weighted by Gasteiger charge is -2.19. The highest BCUT2D eigenvalue weighted by atomic mass is 16.6. The zero-order valence-corrected chi connectivity index (χ0v) is 46.0. The Morgan fingerprint density at radius 3 is 0.573 bits per heavy atom. The number of hydrogen-bond donors (Lipinski definition) is 0. The van der Waals surface area contributed by atoms with Crippen molar-refractivity contribution in [2.24, 2.45) is 0 Å². The molecule has 0 spiro atoms. The van der Waals surface area contributed by atoms with E-state index in [2.05, 4.69) is 18.3 Å². The second-order valence-electron chi connectivity index (χ2n) is 19.9. The van der Waals surface area contributed by atoms with Gasteiger partial charge in [0.1, 0.15) is 0 Å². The molecule has 4 aliphatic rings. The maximum absolute atomic E-state index is 14.2. The number of hydrogen-bond acceptors (Lipinski definition) is 14. The Balaban J connectivity index is 0.745. The highest BCUT2D eigenvalue weighted by molar-refractivity contribution is 6.05. The van der Waals surface area contributed by atoms with E-state index in [1.54, 1.807) is 0 Å². The van der Waals surface area contributed by atoms with Gasteiger partial charge >= 0.3 is 0 Å². The standard InChI is InChI=1S/C64H68N4O14/c69-61-45-9-1-5-13-53(45)65-17-21-73-25-29-77-33-37-81-38-35-79-31-27-75-23-19-67-55-15-7-3-11-47(55)63(71)51-44-60-52(43-59(51)67)64(72)48-12-4-8-16-56(48)68(60)20-24-76-28-32-80-36-40-82-39-34-78-30-26-74-22-18-66-54-14-6-2-10-46(54)62(70)50-42-57(65)49(61)41-58(50)66/h1-16,41-44H,17-40H2. The summed E-state index contributed by atoms with van der Waals surface area (Å²) >= 11 is 0. The molecule has 0 saturated carbocycles. The number of nitrogens with zero attached hydrogens (tertiary/aromatic N) is 4. The molecule has 0 N–H and O–H groups in total. The lowest BCUT2D eigenvalue weighted by Crippen LogP contribution is -2.19. The van der Waals surface area contributed by atoms with Crippen LogP contribution in [0.5, 0.6) is 0 Å². The molecule has 18 heteroatoms. The second-order valence-corrected chi connectivity index (χ2v) is 19.9. The molecule has 428 valence electrons. The van der Waals surface area contributed by atoms with Gasteiger partial charge in [0, 0.05) is 69.3 Å². The quantitative estimate of drug-likeness (QED) is 0.137. The average molecular weight is 1120 g/mol. The molecule has 8 heterocycles. The Morgan fingerprint density at radius 1 is 0.207 bits per heavy atom. The van der Waals surface area contributed by atoms with Crippen LogP contribution in [0.1, 0.15) is 0 Å². The fourth-order valence-corrected chi connectivity index (χ4v) is 11.0. The van der Waals surface area contributed by atoms with Crippen molar-refractivity contribution in [1.29, 1.82) is 0 Å². The fraction of sp³-hybridized carbons (Fsp3) is 0.375. The molecule has 0 fully saturated rings. The number of rotatable bonds is 0. The Kier molecular flexibility index (Phi) is 19.1. The van der Waals surface area contributed by atoms with Crippen molar-refractivity contribution in [2.45, 2.75) is 26.2 Å². The molecular weight excluding hydrogens is 1050 g/mol. The predicted molar refractivity (Wildman–Crippen MR) is 318 cm³/mol. The SMILES string of the molecule is O=c1c2ccccc2n2c3cc4c(=O)c5ccccc5n(c4cc13)CCOCCOCCOCCOCCOCCn1c3ccccc3c(=O)c3cc4c(cc31)c(=O)c1ccccc1n4CCOCCOCCOCCOCCOCC2. The maximum Gasteiger partial charge on any atom is 0.197 e. The first kappa shape index (κ1) is 56.7. The normalized spacial score (nSPS) is 17.3. The molecule has 6 aromatic carbocycles. The first-order chi connectivity index (χ1) is 40.5. The molecular formula is C64H68N4O14. The zero-order valence-electron chi connectivity index (χ0n) is 46.0. The van der Waals surface area contributed by atoms with Gasteiger partial charge in [0.05, 0.1) is 176 Å². The van der Waals surface area contributed by atoms with Gasteiger partial charge in [0.25, 0.3) is 0 Å². The molecule has 0 unspecified atom stereocenters. The lowest BCUT2D eigenvalue weighted by atomic mass is 10.0. The number of ether oxygens (including phenoxy) is 10. The zero-order chi connectivity index (χ0) is 56.0. The van der Waals surface area contributed by atoms with Crippen LogP contribution in [0.15, 0.2) is 141 Å². The smallest absolute Gasteiger partial charge is 0.197 e. The summed E-state index contributed by atoms with van der Waals surface area (Å²) in [5.41, 5.74) is 5.24. The molecule has 0 radical (unpaired) electrons. The van der Waals surface area contributed by atoms with Crippen LogP contribution in [-0.2, 0) is 73.5 Å². The monoisotopic (exact) mass is 1120 g/mol. The van der Waals surface area contributed by atoms with Gasteiger partial charge in [-0.3, -0.25) is 19.2 Å². The molecule has 82 heavy (non-hydrogen) atoms. The van der Waals surface area contributed by atoms with Gasteiger partial charge in [-0.25, -0.2) is 0 Å². The van der Waals surface area contributed by atoms with Crippen LogP contribution in [0.25, 0.3) is 87.2 Å². The van der Waals surface area contributed by atoms with E-state index in [9.17, 15) is 19.2 Å². The van der Waals surface area contributed by atoms with Gasteiger partial charge in [0.15, 0.2) is 21.7 Å². The molecule has 0 amide bonds. The van der Waals surface area contributed by atoms with Gasteiger partial charge in [0.2, 0.25) is 0 Å². The summed E-state index contributed by atoms with van der Waals surface area (Å²) in [7, 11) is 0. The van der Waals surface area contributed by atoms with Crippen molar-refractivity contribution >= 4 is 87.2 Å². The Bertz CT molecular complexity index is 3590. The van der Waals surface area contributed by atoms with Crippen LogP contribution in [0.3, 0.4) is 0 Å². The summed E-state index contributed by atoms with van der Waals surface area (Å²) in [5, 5.41) is 4.38. The molecule has 4 aliphatic heterocycles. The number of pyridine rings is 4. The van der Waals surface area contributed by atoms with Crippen molar-refractivity contribution in [3.05, 3.63) is 162 Å². The van der Waals surface area contributed by atoms with Gasteiger partial charge in [-0.1, -0.05) is 48.5 Å². The molecule has 0 saturated heterocycles. The van der Waals surface area contributed by atoms with E-state index in [1.165, 1.54) is 0 Å². The van der Waals surface area contributed by atoms with Crippen molar-refractivity contribution in [2.75, 3.05) is 132 Å². The van der Waals surface area contributed by atoms with E-state index in [0.29, 0.717) is 223 Å². The topological polar surface area (TPSA) is 180 Å². The van der Waals surface area contributed by atoms with E-state index in [4.69, 9.17) is 47.4 Å².